The average Bonchev–Trinajstić information content (AvgIpc) is 1.25. The van der Waals surface area contributed by atoms with E-state index in [1.54, 1.807) is 0 Å². The molecule has 0 aromatic heterocycles. The van der Waals surface area contributed by atoms with Gasteiger partial charge in [-0.25, -0.2) is 0 Å². The van der Waals surface area contributed by atoms with Crippen LogP contribution < -0.4 is 0 Å². The molecule has 0 unspecified atom stereocenters. The third-order valence-corrected chi connectivity index (χ3v) is 35.1. The van der Waals surface area contributed by atoms with Gasteiger partial charge in [0.1, 0.15) is 0 Å². The van der Waals surface area contributed by atoms with Gasteiger partial charge in [-0.05, 0) is 0 Å². The Morgan fingerprint density at radius 2 is 1.00 bits per heavy atom. The van der Waals surface area contributed by atoms with E-state index in [2.05, 4.69) is 36.9 Å². The van der Waals surface area contributed by atoms with E-state index in [-0.39, 0.29) is 0 Å². The molecule has 0 aromatic rings. The number of hydrogen-bond acceptors (Lipinski definition) is 0. The monoisotopic (exact) mass is 192 g/mol. The van der Waals surface area contributed by atoms with Gasteiger partial charge in [-0.3, -0.25) is 0 Å². The van der Waals surface area contributed by atoms with Crippen LogP contribution in [0.3, 0.4) is 0 Å². The Hall–Kier alpha value is 0.760. The van der Waals surface area contributed by atoms with Crippen molar-refractivity contribution in [2.75, 3.05) is 0 Å². The molecule has 0 atom stereocenters. The molecule has 0 spiro atoms. The van der Waals surface area contributed by atoms with Crippen molar-refractivity contribution in [2.24, 2.45) is 0 Å². The first-order valence-corrected chi connectivity index (χ1v) is 16.2. The van der Waals surface area contributed by atoms with E-state index >= 15 is 0 Å². The Labute approximate surface area is 56.5 Å². The standard InChI is InChI=1S/C6H18GeSi/c1-7(2,3)8(4,5)6/h1-6H3. The number of hydrogen-bond donors (Lipinski definition) is 0. The summed E-state index contributed by atoms with van der Waals surface area (Å²) in [5.41, 5.74) is 0. The van der Waals surface area contributed by atoms with Gasteiger partial charge in [0.05, 0.1) is 0 Å². The minimum atomic E-state index is -1.17. The second kappa shape index (κ2) is 2.18. The summed E-state index contributed by atoms with van der Waals surface area (Å²) in [5.74, 6) is 7.56. The molecule has 0 amide bonds. The molecule has 0 aliphatic carbocycles. The van der Waals surface area contributed by atoms with Crippen molar-refractivity contribution in [1.29, 1.82) is 0 Å². The summed E-state index contributed by atoms with van der Waals surface area (Å²) in [4.78, 5) is 0. The van der Waals surface area contributed by atoms with E-state index in [1.165, 1.54) is 0 Å². The zero-order chi connectivity index (χ0) is 7.00. The molecule has 0 saturated carbocycles. The van der Waals surface area contributed by atoms with Crippen LogP contribution in [0.4, 0.5) is 0 Å². The molecule has 0 heterocycles. The van der Waals surface area contributed by atoms with Crippen molar-refractivity contribution < 1.29 is 0 Å². The van der Waals surface area contributed by atoms with Crippen LogP contribution >= 0.6 is 0 Å². The normalized spacial score (nSPS) is 14.2. The van der Waals surface area contributed by atoms with Crippen molar-refractivity contribution in [1.82, 2.24) is 0 Å². The molecule has 0 aromatic carbocycles. The van der Waals surface area contributed by atoms with E-state index in [0.717, 1.165) is 0 Å². The SMILES string of the molecule is C[Si](C)(C)[Ge]([CH3])([CH3])[CH3]. The van der Waals surface area contributed by atoms with Crippen LogP contribution in [0.15, 0.2) is 0 Å². The molecule has 0 rings (SSSR count). The molecule has 0 bridgehead atoms. The third-order valence-electron chi connectivity index (χ3n) is 2.25. The minimum absolute atomic E-state index is 0.671. The van der Waals surface area contributed by atoms with Crippen LogP contribution in [0, 0.1) is 0 Å². The van der Waals surface area contributed by atoms with E-state index in [0.29, 0.717) is 0 Å². The molecule has 0 N–H and O–H groups in total. The molecule has 0 fully saturated rings. The summed E-state index contributed by atoms with van der Waals surface area (Å²) in [5, 5.41) is 0. The van der Waals surface area contributed by atoms with Gasteiger partial charge in [-0.15, -0.1) is 0 Å². The molecular formula is C6H18GeSi. The molecule has 0 aliphatic rings. The fraction of sp³-hybridized carbons (Fsp3) is 1.00. The van der Waals surface area contributed by atoms with Crippen molar-refractivity contribution in [2.45, 2.75) is 36.9 Å². The van der Waals surface area contributed by atoms with Crippen LogP contribution in [0.2, 0.25) is 36.9 Å². The Kier molecular flexibility index (Phi) is 2.38. The summed E-state index contributed by atoms with van der Waals surface area (Å²) in [6.45, 7) is 6.81. The summed E-state index contributed by atoms with van der Waals surface area (Å²) >= 11 is -1.17. The second-order valence-electron chi connectivity index (χ2n) is 4.50. The zero-order valence-corrected chi connectivity index (χ0v) is 10.1. The molecule has 0 radical (unpaired) electrons. The quantitative estimate of drug-likeness (QED) is 0.559. The van der Waals surface area contributed by atoms with Crippen molar-refractivity contribution >= 4 is 19.2 Å². The Bertz CT molecular complexity index is 63.5. The predicted molar refractivity (Wildman–Crippen MR) is 46.7 cm³/mol. The zero-order valence-electron chi connectivity index (χ0n) is 7.00. The Morgan fingerprint density at radius 3 is 1.00 bits per heavy atom. The number of rotatable bonds is 1. The molecule has 8 heavy (non-hydrogen) atoms. The molecule has 2 heteroatoms. The summed E-state index contributed by atoms with van der Waals surface area (Å²) < 4.78 is 0. The maximum absolute atomic E-state index is 2.52. The maximum atomic E-state index is 2.52. The summed E-state index contributed by atoms with van der Waals surface area (Å²) in [6.07, 6.45) is 0. The van der Waals surface area contributed by atoms with Gasteiger partial charge in [0.25, 0.3) is 0 Å². The summed E-state index contributed by atoms with van der Waals surface area (Å²) in [6, 6.07) is 0. The van der Waals surface area contributed by atoms with E-state index < -0.39 is 19.2 Å². The van der Waals surface area contributed by atoms with Crippen molar-refractivity contribution in [3.63, 3.8) is 0 Å². The fourth-order valence-corrected chi connectivity index (χ4v) is 0. The van der Waals surface area contributed by atoms with Gasteiger partial charge in [-0.2, -0.15) is 0 Å². The molecule has 0 aliphatic heterocycles. The van der Waals surface area contributed by atoms with Crippen LogP contribution in [0.5, 0.6) is 0 Å². The van der Waals surface area contributed by atoms with Gasteiger partial charge in [0.2, 0.25) is 0 Å². The van der Waals surface area contributed by atoms with Gasteiger partial charge >= 0.3 is 56.1 Å². The van der Waals surface area contributed by atoms with Crippen molar-refractivity contribution in [3.05, 3.63) is 0 Å². The van der Waals surface area contributed by atoms with E-state index in [1.807, 2.05) is 0 Å². The van der Waals surface area contributed by atoms with Crippen LogP contribution in [0.1, 0.15) is 0 Å². The fourth-order valence-electron chi connectivity index (χ4n) is 0. The molecule has 50 valence electrons. The Morgan fingerprint density at radius 1 is 0.875 bits per heavy atom. The van der Waals surface area contributed by atoms with Crippen molar-refractivity contribution in [3.8, 4) is 0 Å². The second-order valence-corrected chi connectivity index (χ2v) is 35.7. The predicted octanol–water partition coefficient (Wildman–Crippen LogP) is 2.74. The van der Waals surface area contributed by atoms with E-state index in [9.17, 15) is 0 Å². The van der Waals surface area contributed by atoms with Crippen LogP contribution in [-0.4, -0.2) is 19.2 Å². The Balaban J connectivity index is 4.02. The summed E-state index contributed by atoms with van der Waals surface area (Å²) in [7, 11) is 0. The average molecular weight is 191 g/mol. The van der Waals surface area contributed by atoms with Gasteiger partial charge in [0.15, 0.2) is 0 Å². The molecular weight excluding hydrogens is 173 g/mol. The van der Waals surface area contributed by atoms with Gasteiger partial charge in [0, 0.05) is 0 Å². The van der Waals surface area contributed by atoms with E-state index in [4.69, 9.17) is 0 Å². The van der Waals surface area contributed by atoms with Crippen LogP contribution in [-0.2, 0) is 0 Å². The first kappa shape index (κ1) is 8.76. The van der Waals surface area contributed by atoms with Crippen LogP contribution in [0.25, 0.3) is 0 Å². The first-order valence-electron chi connectivity index (χ1n) is 3.25. The first-order chi connectivity index (χ1) is 3.25. The van der Waals surface area contributed by atoms with Gasteiger partial charge in [-0.1, -0.05) is 0 Å². The topological polar surface area (TPSA) is 0 Å². The molecule has 0 saturated heterocycles. The van der Waals surface area contributed by atoms with Gasteiger partial charge < -0.3 is 0 Å². The molecule has 0 nitrogen and oxygen atoms in total. The third kappa shape index (κ3) is 2.35.